The predicted molar refractivity (Wildman–Crippen MR) is 60.0 cm³/mol. The lowest BCUT2D eigenvalue weighted by atomic mass is 10.0. The summed E-state index contributed by atoms with van der Waals surface area (Å²) < 4.78 is 0. The molecule has 1 rings (SSSR count). The molecule has 0 aromatic carbocycles. The van der Waals surface area contributed by atoms with Crippen molar-refractivity contribution < 1.29 is 9.90 Å². The van der Waals surface area contributed by atoms with E-state index in [0.29, 0.717) is 6.04 Å². The third-order valence-electron chi connectivity index (χ3n) is 3.25. The van der Waals surface area contributed by atoms with E-state index in [1.165, 1.54) is 12.8 Å². The number of likely N-dealkylation sites (N-methyl/N-ethyl adjacent to an activating group) is 1. The molecule has 0 bridgehead atoms. The van der Waals surface area contributed by atoms with Gasteiger partial charge in [0.1, 0.15) is 0 Å². The average Bonchev–Trinajstić information content (AvgIpc) is 2.17. The number of nitrogens with zero attached hydrogens (tertiary/aromatic N) is 2. The highest BCUT2D eigenvalue weighted by Crippen LogP contribution is 2.17. The highest BCUT2D eigenvalue weighted by molar-refractivity contribution is 5.67. The Morgan fingerprint density at radius 2 is 2.27 bits per heavy atom. The second-order valence-electron chi connectivity index (χ2n) is 4.70. The van der Waals surface area contributed by atoms with Crippen molar-refractivity contribution in [1.82, 2.24) is 9.80 Å². The lowest BCUT2D eigenvalue weighted by Gasteiger charge is -2.39. The molecule has 1 aliphatic heterocycles. The molecule has 1 saturated heterocycles. The van der Waals surface area contributed by atoms with E-state index >= 15 is 0 Å². The van der Waals surface area contributed by atoms with Gasteiger partial charge in [-0.05, 0) is 40.4 Å². The number of aliphatic carboxylic acids is 1. The van der Waals surface area contributed by atoms with Crippen molar-refractivity contribution in [2.75, 3.05) is 27.2 Å². The minimum absolute atomic E-state index is 0.158. The first-order valence-electron chi connectivity index (χ1n) is 5.63. The van der Waals surface area contributed by atoms with Crippen LogP contribution in [0.15, 0.2) is 0 Å². The normalized spacial score (nSPS) is 25.5. The third kappa shape index (κ3) is 3.80. The van der Waals surface area contributed by atoms with Crippen LogP contribution in [0, 0.1) is 0 Å². The average molecular weight is 214 g/mol. The smallest absolute Gasteiger partial charge is 0.304 e. The van der Waals surface area contributed by atoms with E-state index < -0.39 is 5.97 Å². The standard InChI is InChI=1S/C11H22N2O2/c1-9(7-11(14)15)13-6-4-5-10(8-13)12(2)3/h9-10H,4-8H2,1-3H3,(H,14,15). The van der Waals surface area contributed by atoms with E-state index in [0.717, 1.165) is 13.1 Å². The number of hydrogen-bond donors (Lipinski definition) is 1. The van der Waals surface area contributed by atoms with E-state index in [1.54, 1.807) is 0 Å². The molecule has 1 fully saturated rings. The maximum absolute atomic E-state index is 10.6. The molecule has 1 N–H and O–H groups in total. The van der Waals surface area contributed by atoms with Gasteiger partial charge in [0, 0.05) is 18.6 Å². The number of piperidine rings is 1. The Balaban J connectivity index is 2.44. The molecule has 0 amide bonds. The first kappa shape index (κ1) is 12.5. The van der Waals surface area contributed by atoms with Crippen molar-refractivity contribution in [1.29, 1.82) is 0 Å². The van der Waals surface area contributed by atoms with Crippen molar-refractivity contribution in [3.8, 4) is 0 Å². The maximum Gasteiger partial charge on any atom is 0.304 e. The van der Waals surface area contributed by atoms with Gasteiger partial charge >= 0.3 is 5.97 Å². The molecule has 0 aromatic rings. The van der Waals surface area contributed by atoms with E-state index in [-0.39, 0.29) is 12.5 Å². The van der Waals surface area contributed by atoms with Crippen molar-refractivity contribution in [2.45, 2.75) is 38.3 Å². The first-order chi connectivity index (χ1) is 7.00. The lowest BCUT2D eigenvalue weighted by molar-refractivity contribution is -0.138. The molecule has 2 unspecified atom stereocenters. The minimum atomic E-state index is -0.700. The monoisotopic (exact) mass is 214 g/mol. The van der Waals surface area contributed by atoms with Gasteiger partial charge in [0.25, 0.3) is 0 Å². The fourth-order valence-electron chi connectivity index (χ4n) is 2.19. The molecule has 0 aromatic heterocycles. The van der Waals surface area contributed by atoms with Crippen molar-refractivity contribution in [3.63, 3.8) is 0 Å². The van der Waals surface area contributed by atoms with Crippen LogP contribution in [0.5, 0.6) is 0 Å². The fourth-order valence-corrected chi connectivity index (χ4v) is 2.19. The predicted octanol–water partition coefficient (Wildman–Crippen LogP) is 0.876. The molecule has 0 aliphatic carbocycles. The quantitative estimate of drug-likeness (QED) is 0.754. The molecular formula is C11H22N2O2. The Kier molecular flexibility index (Phi) is 4.54. The molecule has 2 atom stereocenters. The number of carboxylic acids is 1. The molecular weight excluding hydrogens is 192 g/mol. The van der Waals surface area contributed by atoms with Crippen LogP contribution in [0.3, 0.4) is 0 Å². The van der Waals surface area contributed by atoms with Crippen LogP contribution in [0.2, 0.25) is 0 Å². The van der Waals surface area contributed by atoms with Gasteiger partial charge in [-0.2, -0.15) is 0 Å². The third-order valence-corrected chi connectivity index (χ3v) is 3.25. The van der Waals surface area contributed by atoms with Crippen LogP contribution in [0.25, 0.3) is 0 Å². The summed E-state index contributed by atoms with van der Waals surface area (Å²) in [5.74, 6) is -0.700. The Morgan fingerprint density at radius 1 is 1.60 bits per heavy atom. The first-order valence-corrected chi connectivity index (χ1v) is 5.63. The second kappa shape index (κ2) is 5.47. The summed E-state index contributed by atoms with van der Waals surface area (Å²) in [6.45, 7) is 4.05. The van der Waals surface area contributed by atoms with Crippen LogP contribution < -0.4 is 0 Å². The number of hydrogen-bond acceptors (Lipinski definition) is 3. The van der Waals surface area contributed by atoms with Crippen LogP contribution in [-0.2, 0) is 4.79 Å². The molecule has 88 valence electrons. The zero-order valence-corrected chi connectivity index (χ0v) is 9.94. The maximum atomic E-state index is 10.6. The molecule has 0 saturated carbocycles. The Labute approximate surface area is 91.9 Å². The van der Waals surface area contributed by atoms with Gasteiger partial charge in [-0.3, -0.25) is 9.69 Å². The summed E-state index contributed by atoms with van der Waals surface area (Å²) in [7, 11) is 4.19. The van der Waals surface area contributed by atoms with Crippen LogP contribution in [0.1, 0.15) is 26.2 Å². The van der Waals surface area contributed by atoms with Gasteiger partial charge in [-0.25, -0.2) is 0 Å². The molecule has 1 heterocycles. The summed E-state index contributed by atoms with van der Waals surface area (Å²) in [6.07, 6.45) is 2.65. The van der Waals surface area contributed by atoms with Crippen LogP contribution in [0.4, 0.5) is 0 Å². The largest absolute Gasteiger partial charge is 0.481 e. The summed E-state index contributed by atoms with van der Waals surface area (Å²) in [5, 5.41) is 8.75. The molecule has 0 radical (unpaired) electrons. The number of likely N-dealkylation sites (tertiary alicyclic amines) is 1. The van der Waals surface area contributed by atoms with Crippen molar-refractivity contribution in [3.05, 3.63) is 0 Å². The van der Waals surface area contributed by atoms with E-state index in [9.17, 15) is 4.79 Å². The van der Waals surface area contributed by atoms with Gasteiger partial charge in [0.15, 0.2) is 0 Å². The van der Waals surface area contributed by atoms with Crippen LogP contribution >= 0.6 is 0 Å². The lowest BCUT2D eigenvalue weighted by Crippen LogP contribution is -2.48. The summed E-state index contributed by atoms with van der Waals surface area (Å²) >= 11 is 0. The SMILES string of the molecule is CC(CC(=O)O)N1CCCC(N(C)C)C1. The molecule has 15 heavy (non-hydrogen) atoms. The van der Waals surface area contributed by atoms with Gasteiger partial charge in [-0.1, -0.05) is 0 Å². The summed E-state index contributed by atoms with van der Waals surface area (Å²) in [4.78, 5) is 15.2. The summed E-state index contributed by atoms with van der Waals surface area (Å²) in [5.41, 5.74) is 0. The van der Waals surface area contributed by atoms with E-state index in [1.807, 2.05) is 6.92 Å². The van der Waals surface area contributed by atoms with Crippen molar-refractivity contribution in [2.24, 2.45) is 0 Å². The van der Waals surface area contributed by atoms with Gasteiger partial charge < -0.3 is 10.0 Å². The van der Waals surface area contributed by atoms with E-state index in [2.05, 4.69) is 23.9 Å². The highest BCUT2D eigenvalue weighted by Gasteiger charge is 2.25. The van der Waals surface area contributed by atoms with Gasteiger partial charge in [0.2, 0.25) is 0 Å². The molecule has 0 spiro atoms. The highest BCUT2D eigenvalue weighted by atomic mass is 16.4. The fraction of sp³-hybridized carbons (Fsp3) is 0.909. The Hall–Kier alpha value is -0.610. The van der Waals surface area contributed by atoms with E-state index in [4.69, 9.17) is 5.11 Å². The second-order valence-corrected chi connectivity index (χ2v) is 4.70. The summed E-state index contributed by atoms with van der Waals surface area (Å²) in [6, 6.07) is 0.736. The Bertz CT molecular complexity index is 219. The topological polar surface area (TPSA) is 43.8 Å². The number of rotatable bonds is 4. The van der Waals surface area contributed by atoms with Crippen LogP contribution in [-0.4, -0.2) is 60.1 Å². The molecule has 4 nitrogen and oxygen atoms in total. The van der Waals surface area contributed by atoms with Crippen molar-refractivity contribution >= 4 is 5.97 Å². The zero-order chi connectivity index (χ0) is 11.4. The molecule has 1 aliphatic rings. The van der Waals surface area contributed by atoms with Gasteiger partial charge in [-0.15, -0.1) is 0 Å². The van der Waals surface area contributed by atoms with Gasteiger partial charge in [0.05, 0.1) is 6.42 Å². The number of carbonyl (C=O) groups is 1. The minimum Gasteiger partial charge on any atom is -0.481 e. The molecule has 4 heteroatoms. The Morgan fingerprint density at radius 3 is 2.80 bits per heavy atom. The number of carboxylic acid groups (broad SMARTS) is 1. The zero-order valence-electron chi connectivity index (χ0n) is 9.94.